The zero-order chi connectivity index (χ0) is 34.4. The summed E-state index contributed by atoms with van der Waals surface area (Å²) >= 11 is 0. The summed E-state index contributed by atoms with van der Waals surface area (Å²) < 4.78 is 21.9. The summed E-state index contributed by atoms with van der Waals surface area (Å²) in [6.07, 6.45) is -0.544. The predicted octanol–water partition coefficient (Wildman–Crippen LogP) is 2.40. The highest BCUT2D eigenvalue weighted by molar-refractivity contribution is 5.72. The van der Waals surface area contributed by atoms with Gasteiger partial charge >= 0.3 is 24.0 Å². The molecule has 44 heavy (non-hydrogen) atoms. The predicted molar refractivity (Wildman–Crippen MR) is 170 cm³/mol. The molecule has 0 rings (SSSR count). The largest absolute Gasteiger partial charge is 0.459 e. The van der Waals surface area contributed by atoms with Gasteiger partial charge in [-0.3, -0.25) is 29.1 Å². The molecule has 13 nitrogen and oxygen atoms in total. The normalized spacial score (nSPS) is 12.8. The van der Waals surface area contributed by atoms with Gasteiger partial charge in [-0.25, -0.2) is 4.79 Å². The van der Waals surface area contributed by atoms with Gasteiger partial charge in [-0.2, -0.15) is 0 Å². The quantitative estimate of drug-likeness (QED) is 0.169. The van der Waals surface area contributed by atoms with Crippen LogP contribution in [-0.2, 0) is 33.3 Å². The van der Waals surface area contributed by atoms with Gasteiger partial charge in [0.25, 0.3) is 0 Å². The van der Waals surface area contributed by atoms with Crippen molar-refractivity contribution in [2.45, 2.75) is 105 Å². The number of hydrogen-bond donors (Lipinski definition) is 2. The number of ether oxygens (including phenoxy) is 4. The number of hydrogen-bond acceptors (Lipinski definition) is 12. The minimum absolute atomic E-state index is 0.00339. The Hall–Kier alpha value is -2.48. The molecule has 0 saturated heterocycles. The number of carbonyl (C=O) groups is 4. The molecule has 0 heterocycles. The molecule has 3 N–H and O–H groups in total. The Morgan fingerprint density at radius 1 is 0.591 bits per heavy atom. The first-order valence-electron chi connectivity index (χ1n) is 15.4. The SMILES string of the molecule is CC(=O)OC(C)(C)CN(CCN)CCN(CCN(CCNC(=O)OC(C)(C)C)CC(=O)OC(C)(C)C)CC(=O)OC(C)(C)C. The maximum absolute atomic E-state index is 12.8. The first kappa shape index (κ1) is 41.5. The third-order valence-electron chi connectivity index (χ3n) is 5.58. The summed E-state index contributed by atoms with van der Waals surface area (Å²) in [6, 6.07) is 0. The van der Waals surface area contributed by atoms with Gasteiger partial charge in [-0.1, -0.05) is 0 Å². The topological polar surface area (TPSA) is 153 Å². The number of nitrogens with two attached hydrogens (primary N) is 1. The lowest BCUT2D eigenvalue weighted by Gasteiger charge is -2.34. The standard InChI is InChI=1S/C31H61N5O8/c1-24(37)41-31(11,12)23-36(15-13-32)20-19-35(22-26(39)43-29(5,6)7)18-17-34(21-25(38)42-28(2,3)4)16-14-33-27(40)44-30(8,9)10/h13-23,32H2,1-12H3,(H,33,40). The van der Waals surface area contributed by atoms with E-state index in [0.29, 0.717) is 52.4 Å². The van der Waals surface area contributed by atoms with Crippen molar-refractivity contribution in [3.8, 4) is 0 Å². The number of esters is 3. The fourth-order valence-corrected chi connectivity index (χ4v) is 4.26. The molecule has 0 aliphatic heterocycles. The third kappa shape index (κ3) is 23.9. The number of carbonyl (C=O) groups excluding carboxylic acids is 4. The molecule has 0 aromatic rings. The fourth-order valence-electron chi connectivity index (χ4n) is 4.26. The Balaban J connectivity index is 5.70. The van der Waals surface area contributed by atoms with E-state index in [2.05, 4.69) is 10.2 Å². The third-order valence-corrected chi connectivity index (χ3v) is 5.58. The highest BCUT2D eigenvalue weighted by Crippen LogP contribution is 2.13. The van der Waals surface area contributed by atoms with E-state index in [1.165, 1.54) is 6.92 Å². The van der Waals surface area contributed by atoms with Crippen LogP contribution in [0.5, 0.6) is 0 Å². The van der Waals surface area contributed by atoms with Crippen LogP contribution in [0, 0.1) is 0 Å². The molecule has 0 aliphatic rings. The molecule has 13 heteroatoms. The zero-order valence-corrected chi connectivity index (χ0v) is 29.5. The zero-order valence-electron chi connectivity index (χ0n) is 29.5. The molecule has 1 amide bonds. The number of nitrogens with one attached hydrogen (secondary N) is 1. The lowest BCUT2D eigenvalue weighted by atomic mass is 10.1. The summed E-state index contributed by atoms with van der Waals surface area (Å²) in [5.41, 5.74) is 3.23. The van der Waals surface area contributed by atoms with Gasteiger partial charge in [-0.15, -0.1) is 0 Å². The summed E-state index contributed by atoms with van der Waals surface area (Å²) in [5.74, 6) is -1.12. The Labute approximate surface area is 265 Å². The second-order valence-electron chi connectivity index (χ2n) is 14.6. The minimum atomic E-state index is -0.720. The van der Waals surface area contributed by atoms with E-state index in [-0.39, 0.29) is 31.6 Å². The summed E-state index contributed by atoms with van der Waals surface area (Å²) in [6.45, 7) is 25.3. The minimum Gasteiger partial charge on any atom is -0.459 e. The first-order valence-corrected chi connectivity index (χ1v) is 15.4. The van der Waals surface area contributed by atoms with Gasteiger partial charge in [0.15, 0.2) is 0 Å². The van der Waals surface area contributed by atoms with Gasteiger partial charge < -0.3 is 30.0 Å². The van der Waals surface area contributed by atoms with Gasteiger partial charge in [0.2, 0.25) is 0 Å². The molecular weight excluding hydrogens is 570 g/mol. The highest BCUT2D eigenvalue weighted by Gasteiger charge is 2.26. The second kappa shape index (κ2) is 18.5. The van der Waals surface area contributed by atoms with Gasteiger partial charge in [0, 0.05) is 65.8 Å². The Kier molecular flexibility index (Phi) is 17.4. The van der Waals surface area contributed by atoms with Crippen LogP contribution in [-0.4, -0.2) is 133 Å². The van der Waals surface area contributed by atoms with E-state index >= 15 is 0 Å². The van der Waals surface area contributed by atoms with Crippen LogP contribution in [0.3, 0.4) is 0 Å². The number of rotatable bonds is 18. The van der Waals surface area contributed by atoms with Crippen LogP contribution in [0.4, 0.5) is 4.79 Å². The molecule has 0 saturated carbocycles. The van der Waals surface area contributed by atoms with Gasteiger partial charge in [0.1, 0.15) is 22.4 Å². The van der Waals surface area contributed by atoms with Crippen molar-refractivity contribution >= 4 is 24.0 Å². The van der Waals surface area contributed by atoms with Crippen molar-refractivity contribution < 1.29 is 38.1 Å². The van der Waals surface area contributed by atoms with Crippen molar-refractivity contribution in [3.05, 3.63) is 0 Å². The Bertz CT molecular complexity index is 906. The van der Waals surface area contributed by atoms with Crippen molar-refractivity contribution in [3.63, 3.8) is 0 Å². The van der Waals surface area contributed by atoms with Crippen molar-refractivity contribution in [1.29, 1.82) is 0 Å². The molecule has 0 aromatic heterocycles. The molecule has 0 unspecified atom stereocenters. The summed E-state index contributed by atoms with van der Waals surface area (Å²) in [5, 5.41) is 2.73. The lowest BCUT2D eigenvalue weighted by Crippen LogP contribution is -2.48. The Morgan fingerprint density at radius 3 is 1.39 bits per heavy atom. The monoisotopic (exact) mass is 631 g/mol. The molecule has 0 radical (unpaired) electrons. The van der Waals surface area contributed by atoms with Crippen LogP contribution in [0.1, 0.15) is 83.1 Å². The van der Waals surface area contributed by atoms with E-state index in [1.807, 2.05) is 44.4 Å². The molecule has 258 valence electrons. The maximum atomic E-state index is 12.8. The van der Waals surface area contributed by atoms with Crippen molar-refractivity contribution in [2.75, 3.05) is 72.0 Å². The van der Waals surface area contributed by atoms with E-state index in [0.717, 1.165) is 0 Å². The Morgan fingerprint density at radius 2 is 1.00 bits per heavy atom. The maximum Gasteiger partial charge on any atom is 0.407 e. The van der Waals surface area contributed by atoms with Crippen LogP contribution < -0.4 is 11.1 Å². The molecule has 0 spiro atoms. The van der Waals surface area contributed by atoms with E-state index in [4.69, 9.17) is 24.7 Å². The molecule has 0 aromatic carbocycles. The number of alkyl carbamates (subject to hydrolysis) is 1. The number of nitrogens with zero attached hydrogens (tertiary/aromatic N) is 3. The second-order valence-corrected chi connectivity index (χ2v) is 14.6. The highest BCUT2D eigenvalue weighted by atomic mass is 16.6. The number of amides is 1. The van der Waals surface area contributed by atoms with Crippen LogP contribution in [0.15, 0.2) is 0 Å². The first-order chi connectivity index (χ1) is 19.9. The van der Waals surface area contributed by atoms with Crippen LogP contribution >= 0.6 is 0 Å². The summed E-state index contributed by atoms with van der Waals surface area (Å²) in [7, 11) is 0. The molecule has 0 bridgehead atoms. The average molecular weight is 632 g/mol. The van der Waals surface area contributed by atoms with E-state index in [1.54, 1.807) is 41.5 Å². The fraction of sp³-hybridized carbons (Fsp3) is 0.871. The van der Waals surface area contributed by atoms with Crippen molar-refractivity contribution in [2.24, 2.45) is 5.73 Å². The van der Waals surface area contributed by atoms with Gasteiger partial charge in [0.05, 0.1) is 13.1 Å². The van der Waals surface area contributed by atoms with Crippen molar-refractivity contribution in [1.82, 2.24) is 20.0 Å². The molecular formula is C31H61N5O8. The molecule has 0 aliphatic carbocycles. The van der Waals surface area contributed by atoms with Crippen LogP contribution in [0.25, 0.3) is 0 Å². The summed E-state index contributed by atoms with van der Waals surface area (Å²) in [4.78, 5) is 55.2. The molecule has 0 atom stereocenters. The average Bonchev–Trinajstić information content (AvgIpc) is 2.75. The lowest BCUT2D eigenvalue weighted by molar-refractivity contribution is -0.158. The molecule has 0 fully saturated rings. The van der Waals surface area contributed by atoms with E-state index in [9.17, 15) is 19.2 Å². The van der Waals surface area contributed by atoms with E-state index < -0.39 is 34.5 Å². The van der Waals surface area contributed by atoms with Crippen LogP contribution in [0.2, 0.25) is 0 Å². The smallest absolute Gasteiger partial charge is 0.407 e. The van der Waals surface area contributed by atoms with Gasteiger partial charge in [-0.05, 0) is 76.2 Å².